The normalized spacial score (nSPS) is 20.8. The van der Waals surface area contributed by atoms with E-state index in [1.165, 1.54) is 0 Å². The summed E-state index contributed by atoms with van der Waals surface area (Å²) < 4.78 is 4.80. The molecule has 5 heteroatoms. The molecule has 0 spiro atoms. The Labute approximate surface area is 84.8 Å². The quantitative estimate of drug-likeness (QED) is 0.680. The van der Waals surface area contributed by atoms with Crippen molar-refractivity contribution in [2.45, 2.75) is 18.9 Å². The Morgan fingerprint density at radius 1 is 1.69 bits per heavy atom. The summed E-state index contributed by atoms with van der Waals surface area (Å²) in [6, 6.07) is 0.328. The molecule has 1 amide bonds. The zero-order chi connectivity index (χ0) is 8.81. The molecular weight excluding hydrogens is 192 g/mol. The third-order valence-corrected chi connectivity index (χ3v) is 1.96. The van der Waals surface area contributed by atoms with Crippen LogP contribution in [0.25, 0.3) is 0 Å². The molecule has 0 radical (unpaired) electrons. The van der Waals surface area contributed by atoms with Crippen LogP contribution in [0.3, 0.4) is 0 Å². The maximum absolute atomic E-state index is 11.1. The number of ether oxygens (including phenoxy) is 1. The second-order valence-corrected chi connectivity index (χ2v) is 3.00. The van der Waals surface area contributed by atoms with Gasteiger partial charge in [0.25, 0.3) is 0 Å². The Bertz CT molecular complexity index is 149. The number of halogens is 1. The minimum absolute atomic E-state index is 0. The van der Waals surface area contributed by atoms with Crippen LogP contribution in [-0.4, -0.2) is 38.8 Å². The summed E-state index contributed by atoms with van der Waals surface area (Å²) >= 11 is 0. The van der Waals surface area contributed by atoms with Crippen molar-refractivity contribution in [3.8, 4) is 0 Å². The minimum Gasteiger partial charge on any atom is -0.384 e. The highest BCUT2D eigenvalue weighted by Gasteiger charge is 2.15. The number of nitrogens with one attached hydrogen (secondary N) is 2. The Morgan fingerprint density at radius 3 is 3.00 bits per heavy atom. The second-order valence-electron chi connectivity index (χ2n) is 3.00. The monoisotopic (exact) mass is 208 g/mol. The highest BCUT2D eigenvalue weighted by atomic mass is 35.5. The van der Waals surface area contributed by atoms with E-state index in [4.69, 9.17) is 4.74 Å². The van der Waals surface area contributed by atoms with Gasteiger partial charge in [0.1, 0.15) is 0 Å². The number of amides is 1. The topological polar surface area (TPSA) is 50.4 Å². The van der Waals surface area contributed by atoms with E-state index in [0.717, 1.165) is 19.5 Å². The lowest BCUT2D eigenvalue weighted by Crippen LogP contribution is -2.36. The summed E-state index contributed by atoms with van der Waals surface area (Å²) in [7, 11) is 1.60. The molecule has 0 aliphatic carbocycles. The maximum Gasteiger partial charge on any atom is 0.222 e. The van der Waals surface area contributed by atoms with Gasteiger partial charge in [0.2, 0.25) is 5.91 Å². The number of rotatable bonds is 4. The highest BCUT2D eigenvalue weighted by molar-refractivity contribution is 5.85. The van der Waals surface area contributed by atoms with Crippen molar-refractivity contribution in [3.63, 3.8) is 0 Å². The van der Waals surface area contributed by atoms with Crippen molar-refractivity contribution >= 4 is 18.3 Å². The highest BCUT2D eigenvalue weighted by Crippen LogP contribution is 1.97. The predicted molar refractivity (Wildman–Crippen MR) is 53.2 cm³/mol. The molecule has 13 heavy (non-hydrogen) atoms. The third-order valence-electron chi connectivity index (χ3n) is 1.96. The average Bonchev–Trinajstić information content (AvgIpc) is 2.53. The summed E-state index contributed by atoms with van der Waals surface area (Å²) in [6.45, 7) is 2.42. The predicted octanol–water partition coefficient (Wildman–Crippen LogP) is -0.0772. The van der Waals surface area contributed by atoms with Gasteiger partial charge in [-0.05, 0) is 13.0 Å². The number of hydrogen-bond donors (Lipinski definition) is 2. The first-order chi connectivity index (χ1) is 5.83. The van der Waals surface area contributed by atoms with Crippen molar-refractivity contribution in [1.82, 2.24) is 10.6 Å². The molecule has 0 bridgehead atoms. The van der Waals surface area contributed by atoms with Gasteiger partial charge in [-0.3, -0.25) is 4.79 Å². The maximum atomic E-state index is 11.1. The summed E-state index contributed by atoms with van der Waals surface area (Å²) in [5, 5.41) is 6.12. The lowest BCUT2D eigenvalue weighted by Gasteiger charge is -2.10. The molecule has 1 saturated heterocycles. The van der Waals surface area contributed by atoms with Crippen LogP contribution in [0.2, 0.25) is 0 Å². The van der Waals surface area contributed by atoms with Crippen LogP contribution in [-0.2, 0) is 9.53 Å². The molecule has 1 atom stereocenters. The molecule has 0 aromatic carbocycles. The summed E-state index contributed by atoms with van der Waals surface area (Å²) in [5.74, 6) is 0.0885. The lowest BCUT2D eigenvalue weighted by molar-refractivity contribution is -0.122. The first-order valence-electron chi connectivity index (χ1n) is 4.32. The van der Waals surface area contributed by atoms with Crippen molar-refractivity contribution < 1.29 is 9.53 Å². The molecule has 1 rings (SSSR count). The van der Waals surface area contributed by atoms with Crippen LogP contribution >= 0.6 is 12.4 Å². The Morgan fingerprint density at radius 2 is 2.46 bits per heavy atom. The fourth-order valence-corrected chi connectivity index (χ4v) is 1.27. The molecule has 4 nitrogen and oxygen atoms in total. The van der Waals surface area contributed by atoms with Gasteiger partial charge in [0.15, 0.2) is 0 Å². The average molecular weight is 209 g/mol. The molecular formula is C8H17ClN2O2. The summed E-state index contributed by atoms with van der Waals surface area (Å²) in [4.78, 5) is 11.1. The van der Waals surface area contributed by atoms with Gasteiger partial charge in [-0.15, -0.1) is 12.4 Å². The molecule has 2 N–H and O–H groups in total. The fraction of sp³-hybridized carbons (Fsp3) is 0.875. The smallest absolute Gasteiger partial charge is 0.222 e. The van der Waals surface area contributed by atoms with Crippen molar-refractivity contribution in [2.24, 2.45) is 0 Å². The van der Waals surface area contributed by atoms with E-state index in [9.17, 15) is 4.79 Å². The van der Waals surface area contributed by atoms with Gasteiger partial charge in [0.05, 0.1) is 6.61 Å². The van der Waals surface area contributed by atoms with E-state index in [0.29, 0.717) is 19.1 Å². The van der Waals surface area contributed by atoms with E-state index in [1.54, 1.807) is 7.11 Å². The van der Waals surface area contributed by atoms with Crippen molar-refractivity contribution in [1.29, 1.82) is 0 Å². The minimum atomic E-state index is 0. The molecule has 1 aliphatic rings. The van der Waals surface area contributed by atoms with Gasteiger partial charge >= 0.3 is 0 Å². The molecule has 1 fully saturated rings. The van der Waals surface area contributed by atoms with Gasteiger partial charge < -0.3 is 15.4 Å². The van der Waals surface area contributed by atoms with E-state index < -0.39 is 0 Å². The summed E-state index contributed by atoms with van der Waals surface area (Å²) in [5.41, 5.74) is 0. The van der Waals surface area contributed by atoms with Gasteiger partial charge in [-0.1, -0.05) is 0 Å². The molecule has 78 valence electrons. The van der Waals surface area contributed by atoms with E-state index in [1.807, 2.05) is 0 Å². The standard InChI is InChI=1S/C8H16N2O2.ClH/c1-12-5-3-8(11)10-7-2-4-9-6-7;/h7,9H,2-6H2,1H3,(H,10,11);1H/t7-;/m1./s1. The van der Waals surface area contributed by atoms with E-state index in [-0.39, 0.29) is 18.3 Å². The lowest BCUT2D eigenvalue weighted by atomic mass is 10.2. The van der Waals surface area contributed by atoms with Crippen LogP contribution in [0, 0.1) is 0 Å². The number of carbonyl (C=O) groups excluding carboxylic acids is 1. The van der Waals surface area contributed by atoms with Gasteiger partial charge in [-0.25, -0.2) is 0 Å². The molecule has 1 heterocycles. The third kappa shape index (κ3) is 5.08. The van der Waals surface area contributed by atoms with Crippen LogP contribution in [0.15, 0.2) is 0 Å². The Kier molecular flexibility index (Phi) is 6.94. The molecule has 0 unspecified atom stereocenters. The van der Waals surface area contributed by atoms with Crippen LogP contribution in [0.5, 0.6) is 0 Å². The largest absolute Gasteiger partial charge is 0.384 e. The fourth-order valence-electron chi connectivity index (χ4n) is 1.27. The summed E-state index contributed by atoms with van der Waals surface area (Å²) in [6.07, 6.45) is 1.51. The van der Waals surface area contributed by atoms with E-state index >= 15 is 0 Å². The Balaban J connectivity index is 0.00000144. The molecule has 0 saturated carbocycles. The van der Waals surface area contributed by atoms with Crippen molar-refractivity contribution in [3.05, 3.63) is 0 Å². The van der Waals surface area contributed by atoms with Crippen LogP contribution in [0.4, 0.5) is 0 Å². The van der Waals surface area contributed by atoms with Crippen molar-refractivity contribution in [2.75, 3.05) is 26.8 Å². The number of hydrogen-bond acceptors (Lipinski definition) is 3. The first-order valence-corrected chi connectivity index (χ1v) is 4.32. The zero-order valence-electron chi connectivity index (χ0n) is 7.84. The zero-order valence-corrected chi connectivity index (χ0v) is 8.65. The molecule has 0 aromatic heterocycles. The van der Waals surface area contributed by atoms with Gasteiger partial charge in [0, 0.05) is 26.1 Å². The van der Waals surface area contributed by atoms with Crippen LogP contribution < -0.4 is 10.6 Å². The molecule has 1 aliphatic heterocycles. The second kappa shape index (κ2) is 7.12. The van der Waals surface area contributed by atoms with Gasteiger partial charge in [-0.2, -0.15) is 0 Å². The SMILES string of the molecule is COCCC(=O)N[C@@H]1CCNC1.Cl. The Hall–Kier alpha value is -0.320. The van der Waals surface area contributed by atoms with E-state index in [2.05, 4.69) is 10.6 Å². The number of methoxy groups -OCH3 is 1. The van der Waals surface area contributed by atoms with Crippen LogP contribution in [0.1, 0.15) is 12.8 Å². The number of carbonyl (C=O) groups is 1. The molecule has 0 aromatic rings. The first kappa shape index (κ1) is 12.7.